The van der Waals surface area contributed by atoms with Crippen molar-refractivity contribution in [1.82, 2.24) is 5.32 Å². The number of anilines is 1. The maximum Gasteiger partial charge on any atom is 0.300 e. The van der Waals surface area contributed by atoms with Gasteiger partial charge in [0.2, 0.25) is 5.91 Å². The van der Waals surface area contributed by atoms with E-state index >= 15 is 0 Å². The molecule has 37 heavy (non-hydrogen) atoms. The van der Waals surface area contributed by atoms with Gasteiger partial charge in [0.1, 0.15) is 11.7 Å². The first-order valence-electron chi connectivity index (χ1n) is 14.1. The van der Waals surface area contributed by atoms with E-state index in [0.717, 1.165) is 32.1 Å². The van der Waals surface area contributed by atoms with Crippen LogP contribution in [0, 0.1) is 46.8 Å². The van der Waals surface area contributed by atoms with Crippen molar-refractivity contribution in [2.75, 3.05) is 25.1 Å². The number of rotatable bonds is 7. The molecule has 1 aromatic rings. The molecule has 1 aliphatic heterocycles. The zero-order valence-corrected chi connectivity index (χ0v) is 22.2. The van der Waals surface area contributed by atoms with Gasteiger partial charge in [0.05, 0.1) is 11.6 Å². The van der Waals surface area contributed by atoms with Crippen LogP contribution in [-0.4, -0.2) is 37.7 Å². The van der Waals surface area contributed by atoms with E-state index in [9.17, 15) is 9.59 Å². The molecule has 1 saturated heterocycles. The summed E-state index contributed by atoms with van der Waals surface area (Å²) < 4.78 is 11.3. The highest BCUT2D eigenvalue weighted by atomic mass is 35.5. The van der Waals surface area contributed by atoms with Crippen LogP contribution in [0.25, 0.3) is 0 Å². The van der Waals surface area contributed by atoms with Crippen LogP contribution in [0.4, 0.5) is 5.69 Å². The van der Waals surface area contributed by atoms with E-state index in [1.54, 1.807) is 18.2 Å². The number of benzene rings is 1. The first-order valence-corrected chi connectivity index (χ1v) is 14.5. The molecule has 5 aliphatic carbocycles. The van der Waals surface area contributed by atoms with Crippen molar-refractivity contribution in [3.63, 3.8) is 0 Å². The largest absolute Gasteiger partial charge is 0.492 e. The standard InChI is InChI=1S/C30H37ClN2O4/c31-26-14-24(3-5-27(26)37-18-19-1-2-19)32-28(34)6-4-25(29(35)33-23-7-9-36-10-8-23)30-15-20-11-21(16-30)13-22(12-20)17-30/h3,5,14,19-23,25H,1-2,7-13,15-18H2,(H,32,34)(H,33,35). The predicted octanol–water partition coefficient (Wildman–Crippen LogP) is 5.20. The van der Waals surface area contributed by atoms with E-state index in [2.05, 4.69) is 22.5 Å². The molecule has 7 rings (SSSR count). The van der Waals surface area contributed by atoms with Gasteiger partial charge < -0.3 is 20.1 Å². The van der Waals surface area contributed by atoms with Crippen LogP contribution in [0.15, 0.2) is 18.2 Å². The summed E-state index contributed by atoms with van der Waals surface area (Å²) in [7, 11) is 0. The number of amides is 2. The highest BCUT2D eigenvalue weighted by Gasteiger charge is 2.55. The van der Waals surface area contributed by atoms with Gasteiger partial charge in [-0.15, -0.1) is 0 Å². The molecule has 7 heteroatoms. The first kappa shape index (κ1) is 25.1. The molecule has 0 aromatic heterocycles. The van der Waals surface area contributed by atoms with Crippen molar-refractivity contribution in [3.05, 3.63) is 23.2 Å². The van der Waals surface area contributed by atoms with Gasteiger partial charge in [-0.3, -0.25) is 9.59 Å². The Morgan fingerprint density at radius 1 is 1.05 bits per heavy atom. The minimum absolute atomic E-state index is 0.00522. The average molecular weight is 525 g/mol. The van der Waals surface area contributed by atoms with Crippen LogP contribution >= 0.6 is 11.6 Å². The molecule has 6 fully saturated rings. The Hall–Kier alpha value is -2.23. The lowest BCUT2D eigenvalue weighted by molar-refractivity contribution is -0.137. The number of hydrogen-bond donors (Lipinski definition) is 2. The molecule has 6 nitrogen and oxygen atoms in total. The average Bonchev–Trinajstić information content (AvgIpc) is 3.68. The molecule has 1 aromatic carbocycles. The smallest absolute Gasteiger partial charge is 0.300 e. The van der Waals surface area contributed by atoms with Gasteiger partial charge in [0.15, 0.2) is 0 Å². The van der Waals surface area contributed by atoms with Gasteiger partial charge in [0.25, 0.3) is 5.91 Å². The highest BCUT2D eigenvalue weighted by Crippen LogP contribution is 2.62. The summed E-state index contributed by atoms with van der Waals surface area (Å²) in [4.78, 5) is 26.5. The summed E-state index contributed by atoms with van der Waals surface area (Å²) in [5, 5.41) is 6.57. The zero-order valence-electron chi connectivity index (χ0n) is 21.4. The summed E-state index contributed by atoms with van der Waals surface area (Å²) >= 11 is 6.38. The lowest BCUT2D eigenvalue weighted by Gasteiger charge is -2.58. The topological polar surface area (TPSA) is 76.7 Å². The number of halogens is 1. The molecule has 6 aliphatic rings. The second kappa shape index (κ2) is 10.5. The maximum absolute atomic E-state index is 13.7. The molecule has 2 N–H and O–H groups in total. The van der Waals surface area contributed by atoms with Gasteiger partial charge in [-0.25, -0.2) is 0 Å². The summed E-state index contributed by atoms with van der Waals surface area (Å²) in [5.41, 5.74) is 0.460. The predicted molar refractivity (Wildman–Crippen MR) is 142 cm³/mol. The van der Waals surface area contributed by atoms with Crippen molar-refractivity contribution >= 4 is 29.1 Å². The van der Waals surface area contributed by atoms with Gasteiger partial charge in [0, 0.05) is 24.9 Å². The molecule has 198 valence electrons. The highest BCUT2D eigenvalue weighted by molar-refractivity contribution is 6.32. The number of carbonyl (C=O) groups is 2. The fourth-order valence-electron chi connectivity index (χ4n) is 7.64. The van der Waals surface area contributed by atoms with Crippen molar-refractivity contribution in [2.45, 2.75) is 70.3 Å². The molecule has 4 bridgehead atoms. The van der Waals surface area contributed by atoms with Crippen LogP contribution < -0.4 is 15.4 Å². The Morgan fingerprint density at radius 3 is 2.35 bits per heavy atom. The molecular formula is C30H37ClN2O4. The Labute approximate surface area is 224 Å². The molecule has 1 atom stereocenters. The Morgan fingerprint density at radius 2 is 1.73 bits per heavy atom. The normalized spacial score (nSPS) is 31.2. The zero-order chi connectivity index (χ0) is 25.4. The summed E-state index contributed by atoms with van der Waals surface area (Å²) in [6.45, 7) is 2.03. The molecule has 0 radical (unpaired) electrons. The van der Waals surface area contributed by atoms with Crippen LogP contribution in [0.2, 0.25) is 5.02 Å². The van der Waals surface area contributed by atoms with E-state index in [0.29, 0.717) is 60.0 Å². The summed E-state index contributed by atoms with van der Waals surface area (Å²) in [5.74, 6) is 8.45. The minimum Gasteiger partial charge on any atom is -0.492 e. The number of ether oxygens (including phenoxy) is 2. The van der Waals surface area contributed by atoms with Crippen LogP contribution in [-0.2, 0) is 14.3 Å². The monoisotopic (exact) mass is 524 g/mol. The number of carbonyl (C=O) groups excluding carboxylic acids is 2. The van der Waals surface area contributed by atoms with Gasteiger partial charge in [-0.1, -0.05) is 17.5 Å². The van der Waals surface area contributed by atoms with Crippen molar-refractivity contribution in [2.24, 2.45) is 35.0 Å². The van der Waals surface area contributed by atoms with Crippen molar-refractivity contribution < 1.29 is 19.1 Å². The number of nitrogens with one attached hydrogen (secondary N) is 2. The molecule has 0 spiro atoms. The lowest BCUT2D eigenvalue weighted by atomic mass is 9.46. The van der Waals surface area contributed by atoms with Crippen LogP contribution in [0.1, 0.15) is 64.2 Å². The molecule has 1 heterocycles. The summed E-state index contributed by atoms with van der Waals surface area (Å²) in [6.07, 6.45) is 11.1. The van der Waals surface area contributed by atoms with Gasteiger partial charge in [-0.05, 0) is 117 Å². The quantitative estimate of drug-likeness (QED) is 0.481. The van der Waals surface area contributed by atoms with E-state index in [4.69, 9.17) is 21.1 Å². The molecule has 5 saturated carbocycles. The second-order valence-corrected chi connectivity index (χ2v) is 12.6. The van der Waals surface area contributed by atoms with E-state index in [-0.39, 0.29) is 17.4 Å². The number of hydrogen-bond acceptors (Lipinski definition) is 4. The Balaban J connectivity index is 1.17. The third kappa shape index (κ3) is 5.78. The Kier molecular flexibility index (Phi) is 7.11. The molecular weight excluding hydrogens is 488 g/mol. The van der Waals surface area contributed by atoms with Crippen LogP contribution in [0.3, 0.4) is 0 Å². The van der Waals surface area contributed by atoms with Crippen LogP contribution in [0.5, 0.6) is 5.75 Å². The van der Waals surface area contributed by atoms with E-state index < -0.39 is 11.8 Å². The van der Waals surface area contributed by atoms with E-state index in [1.165, 1.54) is 32.1 Å². The third-order valence-electron chi connectivity index (χ3n) is 9.22. The molecule has 1 unspecified atom stereocenters. The van der Waals surface area contributed by atoms with Gasteiger partial charge in [-0.2, -0.15) is 0 Å². The summed E-state index contributed by atoms with van der Waals surface area (Å²) in [6, 6.07) is 5.38. The SMILES string of the molecule is O=C(C#CC(C(=O)NC1CCOCC1)C12CC3CC(CC(C3)C1)C2)Nc1ccc(OCC2CC2)c(Cl)c1. The fourth-order valence-corrected chi connectivity index (χ4v) is 7.88. The third-order valence-corrected chi connectivity index (χ3v) is 9.51. The van der Waals surface area contributed by atoms with Gasteiger partial charge >= 0.3 is 0 Å². The maximum atomic E-state index is 13.7. The first-order chi connectivity index (χ1) is 18.0. The lowest BCUT2D eigenvalue weighted by Crippen LogP contribution is -2.54. The van der Waals surface area contributed by atoms with Crippen molar-refractivity contribution in [1.29, 1.82) is 0 Å². The fraction of sp³-hybridized carbons (Fsp3) is 0.667. The molecule has 2 amide bonds. The minimum atomic E-state index is -0.462. The second-order valence-electron chi connectivity index (χ2n) is 12.2. The van der Waals surface area contributed by atoms with Crippen molar-refractivity contribution in [3.8, 4) is 17.6 Å². The van der Waals surface area contributed by atoms with E-state index in [1.807, 2.05) is 0 Å². The Bertz CT molecular complexity index is 1060.